The lowest BCUT2D eigenvalue weighted by Crippen LogP contribution is -2.17. The van der Waals surface area contributed by atoms with Gasteiger partial charge in [-0.2, -0.15) is 0 Å². The Morgan fingerprint density at radius 3 is 2.87 bits per heavy atom. The minimum atomic E-state index is 0.168. The van der Waals surface area contributed by atoms with E-state index in [4.69, 9.17) is 8.83 Å². The number of rotatable bonds is 4. The number of nitrogens with one attached hydrogen (secondary N) is 1. The van der Waals surface area contributed by atoms with Crippen LogP contribution in [0.4, 0.5) is 0 Å². The molecule has 0 aliphatic carbocycles. The highest BCUT2D eigenvalue weighted by Crippen LogP contribution is 2.20. The van der Waals surface area contributed by atoms with Crippen LogP contribution >= 0.6 is 15.9 Å². The molecule has 2 aromatic heterocycles. The van der Waals surface area contributed by atoms with E-state index in [-0.39, 0.29) is 6.04 Å². The molecule has 1 unspecified atom stereocenters. The van der Waals surface area contributed by atoms with E-state index in [0.29, 0.717) is 6.54 Å². The monoisotopic (exact) mass is 269 g/mol. The first-order valence-corrected chi connectivity index (χ1v) is 5.56. The van der Waals surface area contributed by atoms with Gasteiger partial charge in [0.25, 0.3) is 0 Å². The molecule has 0 saturated heterocycles. The number of hydrogen-bond donors (Lipinski definition) is 1. The fourth-order valence-electron chi connectivity index (χ4n) is 1.33. The van der Waals surface area contributed by atoms with Gasteiger partial charge in [-0.25, -0.2) is 0 Å². The van der Waals surface area contributed by atoms with Gasteiger partial charge in [0.05, 0.1) is 18.8 Å². The molecule has 0 fully saturated rings. The molecule has 0 saturated carbocycles. The molecular weight excluding hydrogens is 258 g/mol. The first-order chi connectivity index (χ1) is 7.25. The summed E-state index contributed by atoms with van der Waals surface area (Å²) in [5, 5.41) is 3.31. The lowest BCUT2D eigenvalue weighted by Gasteiger charge is -2.09. The highest BCUT2D eigenvalue weighted by molar-refractivity contribution is 9.10. The van der Waals surface area contributed by atoms with Crippen molar-refractivity contribution in [3.8, 4) is 0 Å². The first-order valence-electron chi connectivity index (χ1n) is 4.76. The van der Waals surface area contributed by atoms with Crippen LogP contribution in [0.15, 0.2) is 44.0 Å². The SMILES string of the molecule is CC(NCc1ccco1)c1ccc(Br)o1. The third kappa shape index (κ3) is 2.73. The van der Waals surface area contributed by atoms with Crippen LogP contribution in [-0.2, 0) is 6.54 Å². The molecule has 0 aliphatic heterocycles. The van der Waals surface area contributed by atoms with Crippen molar-refractivity contribution in [2.45, 2.75) is 19.5 Å². The Labute approximate surface area is 96.6 Å². The zero-order chi connectivity index (χ0) is 10.7. The maximum Gasteiger partial charge on any atom is 0.169 e. The van der Waals surface area contributed by atoms with E-state index in [1.165, 1.54) is 0 Å². The van der Waals surface area contributed by atoms with Crippen molar-refractivity contribution in [2.24, 2.45) is 0 Å². The maximum absolute atomic E-state index is 5.44. The van der Waals surface area contributed by atoms with E-state index in [1.807, 2.05) is 31.2 Å². The first kappa shape index (κ1) is 10.5. The molecule has 0 bridgehead atoms. The average molecular weight is 270 g/mol. The summed E-state index contributed by atoms with van der Waals surface area (Å²) in [7, 11) is 0. The Morgan fingerprint density at radius 1 is 1.40 bits per heavy atom. The molecule has 1 atom stereocenters. The van der Waals surface area contributed by atoms with E-state index in [2.05, 4.69) is 21.2 Å². The summed E-state index contributed by atoms with van der Waals surface area (Å²) in [4.78, 5) is 0. The van der Waals surface area contributed by atoms with Gasteiger partial charge in [0.2, 0.25) is 0 Å². The number of halogens is 1. The van der Waals surface area contributed by atoms with E-state index in [9.17, 15) is 0 Å². The largest absolute Gasteiger partial charge is 0.468 e. The van der Waals surface area contributed by atoms with Gasteiger partial charge < -0.3 is 14.2 Å². The van der Waals surface area contributed by atoms with Crippen molar-refractivity contribution in [3.63, 3.8) is 0 Å². The van der Waals surface area contributed by atoms with Gasteiger partial charge in [-0.1, -0.05) is 0 Å². The van der Waals surface area contributed by atoms with Crippen molar-refractivity contribution < 1.29 is 8.83 Å². The summed E-state index contributed by atoms with van der Waals surface area (Å²) in [6.45, 7) is 2.75. The zero-order valence-corrected chi connectivity index (χ0v) is 9.95. The minimum Gasteiger partial charge on any atom is -0.468 e. The fourth-order valence-corrected chi connectivity index (χ4v) is 1.65. The molecule has 0 amide bonds. The molecule has 4 heteroatoms. The van der Waals surface area contributed by atoms with E-state index in [1.54, 1.807) is 6.26 Å². The summed E-state index contributed by atoms with van der Waals surface area (Å²) >= 11 is 3.28. The van der Waals surface area contributed by atoms with Gasteiger partial charge in [0, 0.05) is 0 Å². The van der Waals surface area contributed by atoms with Crippen molar-refractivity contribution in [1.29, 1.82) is 0 Å². The summed E-state index contributed by atoms with van der Waals surface area (Å²) in [5.41, 5.74) is 0. The van der Waals surface area contributed by atoms with Crippen molar-refractivity contribution in [2.75, 3.05) is 0 Å². The highest BCUT2D eigenvalue weighted by Gasteiger charge is 2.09. The second kappa shape index (κ2) is 4.68. The Kier molecular flexibility index (Phi) is 3.28. The third-order valence-electron chi connectivity index (χ3n) is 2.18. The van der Waals surface area contributed by atoms with E-state index in [0.717, 1.165) is 16.2 Å². The second-order valence-electron chi connectivity index (χ2n) is 3.32. The van der Waals surface area contributed by atoms with Crippen molar-refractivity contribution >= 4 is 15.9 Å². The molecule has 0 aromatic carbocycles. The van der Waals surface area contributed by atoms with Gasteiger partial charge >= 0.3 is 0 Å². The Balaban J connectivity index is 1.90. The van der Waals surface area contributed by atoms with Gasteiger partial charge in [0.1, 0.15) is 11.5 Å². The van der Waals surface area contributed by atoms with Crippen molar-refractivity contribution in [1.82, 2.24) is 5.32 Å². The topological polar surface area (TPSA) is 38.3 Å². The second-order valence-corrected chi connectivity index (χ2v) is 4.11. The quantitative estimate of drug-likeness (QED) is 0.924. The van der Waals surface area contributed by atoms with Crippen LogP contribution in [0.1, 0.15) is 24.5 Å². The summed E-state index contributed by atoms with van der Waals surface area (Å²) in [6, 6.07) is 7.83. The molecule has 15 heavy (non-hydrogen) atoms. The smallest absolute Gasteiger partial charge is 0.169 e. The molecule has 3 nitrogen and oxygen atoms in total. The molecule has 2 aromatic rings. The number of furan rings is 2. The summed E-state index contributed by atoms with van der Waals surface area (Å²) < 4.78 is 11.4. The van der Waals surface area contributed by atoms with Crippen LogP contribution in [0, 0.1) is 0 Å². The molecule has 0 radical (unpaired) electrons. The highest BCUT2D eigenvalue weighted by atomic mass is 79.9. The fraction of sp³-hybridized carbons (Fsp3) is 0.273. The molecule has 2 heterocycles. The van der Waals surface area contributed by atoms with Crippen LogP contribution in [-0.4, -0.2) is 0 Å². The molecule has 80 valence electrons. The number of hydrogen-bond acceptors (Lipinski definition) is 3. The average Bonchev–Trinajstić information content (AvgIpc) is 2.84. The van der Waals surface area contributed by atoms with Gasteiger partial charge in [0.15, 0.2) is 4.67 Å². The maximum atomic E-state index is 5.44. The van der Waals surface area contributed by atoms with Crippen LogP contribution < -0.4 is 5.32 Å². The van der Waals surface area contributed by atoms with Gasteiger partial charge in [-0.15, -0.1) is 0 Å². The normalized spacial score (nSPS) is 12.9. The summed E-state index contributed by atoms with van der Waals surface area (Å²) in [5.74, 6) is 1.83. The van der Waals surface area contributed by atoms with Crippen LogP contribution in [0.3, 0.4) is 0 Å². The lowest BCUT2D eigenvalue weighted by molar-refractivity contribution is 0.398. The lowest BCUT2D eigenvalue weighted by atomic mass is 10.2. The minimum absolute atomic E-state index is 0.168. The predicted molar refractivity (Wildman–Crippen MR) is 60.4 cm³/mol. The van der Waals surface area contributed by atoms with Crippen molar-refractivity contribution in [3.05, 3.63) is 46.7 Å². The molecular formula is C11H12BrNO2. The van der Waals surface area contributed by atoms with Crippen LogP contribution in [0.5, 0.6) is 0 Å². The van der Waals surface area contributed by atoms with Crippen LogP contribution in [0.25, 0.3) is 0 Å². The Bertz CT molecular complexity index is 408. The molecule has 2 rings (SSSR count). The van der Waals surface area contributed by atoms with Gasteiger partial charge in [-0.3, -0.25) is 0 Å². The molecule has 0 spiro atoms. The molecule has 0 aliphatic rings. The Hall–Kier alpha value is -1.000. The predicted octanol–water partition coefficient (Wildman–Crippen LogP) is 3.49. The zero-order valence-electron chi connectivity index (χ0n) is 8.37. The van der Waals surface area contributed by atoms with Gasteiger partial charge in [-0.05, 0) is 47.1 Å². The summed E-state index contributed by atoms with van der Waals surface area (Å²) in [6.07, 6.45) is 1.67. The van der Waals surface area contributed by atoms with E-state index < -0.39 is 0 Å². The van der Waals surface area contributed by atoms with E-state index >= 15 is 0 Å². The standard InChI is InChI=1S/C11H12BrNO2/c1-8(10-4-5-11(12)15-10)13-7-9-3-2-6-14-9/h2-6,8,13H,7H2,1H3. The third-order valence-corrected chi connectivity index (χ3v) is 2.61. The van der Waals surface area contributed by atoms with Crippen LogP contribution in [0.2, 0.25) is 0 Å². The molecule has 1 N–H and O–H groups in total. The Morgan fingerprint density at radius 2 is 2.27 bits per heavy atom.